The molecule has 1 aromatic carbocycles. The fourth-order valence-electron chi connectivity index (χ4n) is 2.99. The molecule has 5 nitrogen and oxygen atoms in total. The van der Waals surface area contributed by atoms with E-state index in [4.69, 9.17) is 0 Å². The van der Waals surface area contributed by atoms with Crippen LogP contribution in [0.25, 0.3) is 0 Å². The van der Waals surface area contributed by atoms with E-state index >= 15 is 0 Å². The van der Waals surface area contributed by atoms with E-state index in [0.29, 0.717) is 12.1 Å². The molecule has 0 amide bonds. The Balaban J connectivity index is 1.64. The lowest BCUT2D eigenvalue weighted by Crippen LogP contribution is -2.22. The molecular weight excluding hydrogens is 268 g/mol. The topological polar surface area (TPSA) is 75.4 Å². The van der Waals surface area contributed by atoms with Gasteiger partial charge in [-0.25, -0.2) is 0 Å². The van der Waals surface area contributed by atoms with Crippen LogP contribution < -0.4 is 5.32 Å². The molecule has 2 rings (SSSR count). The van der Waals surface area contributed by atoms with Crippen LogP contribution in [-0.4, -0.2) is 23.1 Å². The lowest BCUT2D eigenvalue weighted by atomic mass is 10.0. The minimum atomic E-state index is -0.614. The summed E-state index contributed by atoms with van der Waals surface area (Å²) >= 11 is 0. The van der Waals surface area contributed by atoms with Gasteiger partial charge in [-0.1, -0.05) is 25.7 Å². The van der Waals surface area contributed by atoms with Crippen molar-refractivity contribution in [2.75, 3.05) is 13.1 Å². The second-order valence-electron chi connectivity index (χ2n) is 5.86. The highest BCUT2D eigenvalue weighted by Gasteiger charge is 2.14. The second-order valence-corrected chi connectivity index (χ2v) is 5.86. The summed E-state index contributed by atoms with van der Waals surface area (Å²) in [6, 6.07) is 6.09. The molecule has 1 aliphatic rings. The second kappa shape index (κ2) is 8.10. The Morgan fingerprint density at radius 3 is 2.57 bits per heavy atom. The zero-order valence-electron chi connectivity index (χ0n) is 12.3. The summed E-state index contributed by atoms with van der Waals surface area (Å²) < 4.78 is 0. The summed E-state index contributed by atoms with van der Waals surface area (Å²) in [5.74, 6) is 0.909. The maximum absolute atomic E-state index is 10.6. The smallest absolute Gasteiger partial charge is 0.269 e. The minimum Gasteiger partial charge on any atom is -0.387 e. The lowest BCUT2D eigenvalue weighted by Gasteiger charge is -2.13. The van der Waals surface area contributed by atoms with Crippen LogP contribution in [0, 0.1) is 16.0 Å². The highest BCUT2D eigenvalue weighted by Crippen LogP contribution is 2.28. The lowest BCUT2D eigenvalue weighted by molar-refractivity contribution is -0.384. The van der Waals surface area contributed by atoms with Gasteiger partial charge in [0.1, 0.15) is 0 Å². The Bertz CT molecular complexity index is 441. The number of nitro groups is 1. The molecule has 0 spiro atoms. The largest absolute Gasteiger partial charge is 0.387 e. The van der Waals surface area contributed by atoms with E-state index in [1.807, 2.05) is 0 Å². The van der Waals surface area contributed by atoms with Gasteiger partial charge in [-0.05, 0) is 43.0 Å². The third-order valence-corrected chi connectivity index (χ3v) is 4.27. The number of rotatable bonds is 8. The van der Waals surface area contributed by atoms with Crippen molar-refractivity contribution in [2.45, 2.75) is 44.6 Å². The molecule has 1 aromatic rings. The average molecular weight is 292 g/mol. The van der Waals surface area contributed by atoms with Crippen molar-refractivity contribution < 1.29 is 10.0 Å². The maximum Gasteiger partial charge on any atom is 0.269 e. The van der Waals surface area contributed by atoms with Gasteiger partial charge in [0.25, 0.3) is 5.69 Å². The molecule has 21 heavy (non-hydrogen) atoms. The van der Waals surface area contributed by atoms with E-state index in [9.17, 15) is 15.2 Å². The standard InChI is InChI=1S/C16H24N2O3/c19-16(14-7-9-15(10-8-14)18(20)21)12-17-11-3-6-13-4-1-2-5-13/h7-10,13,16-17,19H,1-6,11-12H2. The summed E-state index contributed by atoms with van der Waals surface area (Å²) in [5, 5.41) is 23.9. The Morgan fingerprint density at radius 2 is 1.95 bits per heavy atom. The van der Waals surface area contributed by atoms with E-state index in [0.717, 1.165) is 18.9 Å². The first-order chi connectivity index (χ1) is 10.2. The summed E-state index contributed by atoms with van der Waals surface area (Å²) in [7, 11) is 0. The molecule has 1 aliphatic carbocycles. The molecule has 0 saturated heterocycles. The maximum atomic E-state index is 10.6. The van der Waals surface area contributed by atoms with Gasteiger partial charge in [0.15, 0.2) is 0 Å². The van der Waals surface area contributed by atoms with Crippen LogP contribution in [0.2, 0.25) is 0 Å². The molecule has 0 bridgehead atoms. The number of nitro benzene ring substituents is 1. The van der Waals surface area contributed by atoms with Gasteiger partial charge in [-0.15, -0.1) is 0 Å². The highest BCUT2D eigenvalue weighted by atomic mass is 16.6. The highest BCUT2D eigenvalue weighted by molar-refractivity contribution is 5.33. The molecule has 1 fully saturated rings. The SMILES string of the molecule is O=[N+]([O-])c1ccc(C(O)CNCCCC2CCCC2)cc1. The van der Waals surface area contributed by atoms with Gasteiger partial charge in [-0.2, -0.15) is 0 Å². The van der Waals surface area contributed by atoms with Gasteiger partial charge in [-0.3, -0.25) is 10.1 Å². The number of benzene rings is 1. The Hall–Kier alpha value is -1.46. The van der Waals surface area contributed by atoms with Gasteiger partial charge < -0.3 is 10.4 Å². The fourth-order valence-corrected chi connectivity index (χ4v) is 2.99. The Labute approximate surface area is 125 Å². The van der Waals surface area contributed by atoms with Crippen LogP contribution in [-0.2, 0) is 0 Å². The Morgan fingerprint density at radius 1 is 1.29 bits per heavy atom. The first-order valence-corrected chi connectivity index (χ1v) is 7.80. The quantitative estimate of drug-likeness (QED) is 0.438. The van der Waals surface area contributed by atoms with Crippen LogP contribution in [0.4, 0.5) is 5.69 Å². The average Bonchev–Trinajstić information content (AvgIpc) is 3.00. The van der Waals surface area contributed by atoms with E-state index in [1.54, 1.807) is 12.1 Å². The zero-order chi connectivity index (χ0) is 15.1. The van der Waals surface area contributed by atoms with Crippen molar-refractivity contribution >= 4 is 5.69 Å². The van der Waals surface area contributed by atoms with Crippen molar-refractivity contribution in [3.63, 3.8) is 0 Å². The number of aliphatic hydroxyl groups excluding tert-OH is 1. The van der Waals surface area contributed by atoms with Crippen molar-refractivity contribution in [2.24, 2.45) is 5.92 Å². The van der Waals surface area contributed by atoms with Crippen molar-refractivity contribution in [1.82, 2.24) is 5.32 Å². The fraction of sp³-hybridized carbons (Fsp3) is 0.625. The van der Waals surface area contributed by atoms with Crippen LogP contribution >= 0.6 is 0 Å². The predicted molar refractivity (Wildman–Crippen MR) is 82.1 cm³/mol. The monoisotopic (exact) mass is 292 g/mol. The molecule has 1 atom stereocenters. The van der Waals surface area contributed by atoms with Gasteiger partial charge in [0, 0.05) is 18.7 Å². The van der Waals surface area contributed by atoms with Crippen LogP contribution in [0.1, 0.15) is 50.2 Å². The molecule has 5 heteroatoms. The number of nitrogens with one attached hydrogen (secondary N) is 1. The Kier molecular flexibility index (Phi) is 6.14. The normalized spacial score (nSPS) is 17.0. The predicted octanol–water partition coefficient (Wildman–Crippen LogP) is 3.19. The first-order valence-electron chi connectivity index (χ1n) is 7.80. The van der Waals surface area contributed by atoms with Crippen molar-refractivity contribution in [3.8, 4) is 0 Å². The molecule has 1 saturated carbocycles. The summed E-state index contributed by atoms with van der Waals surface area (Å²) in [5.41, 5.74) is 0.763. The molecular formula is C16H24N2O3. The third kappa shape index (κ3) is 5.10. The summed E-state index contributed by atoms with van der Waals surface area (Å²) in [4.78, 5) is 10.1. The van der Waals surface area contributed by atoms with E-state index in [-0.39, 0.29) is 5.69 Å². The van der Waals surface area contributed by atoms with Crippen molar-refractivity contribution in [3.05, 3.63) is 39.9 Å². The van der Waals surface area contributed by atoms with Gasteiger partial charge >= 0.3 is 0 Å². The zero-order valence-corrected chi connectivity index (χ0v) is 12.3. The van der Waals surface area contributed by atoms with Gasteiger partial charge in [0.2, 0.25) is 0 Å². The molecule has 0 aromatic heterocycles. The van der Waals surface area contributed by atoms with E-state index in [2.05, 4.69) is 5.32 Å². The first kappa shape index (κ1) is 15.9. The van der Waals surface area contributed by atoms with Crippen molar-refractivity contribution in [1.29, 1.82) is 0 Å². The minimum absolute atomic E-state index is 0.0514. The third-order valence-electron chi connectivity index (χ3n) is 4.27. The molecule has 0 aliphatic heterocycles. The van der Waals surface area contributed by atoms with Gasteiger partial charge in [0.05, 0.1) is 11.0 Å². The molecule has 1 unspecified atom stereocenters. The summed E-state index contributed by atoms with van der Waals surface area (Å²) in [6.07, 6.45) is 7.35. The molecule has 0 heterocycles. The van der Waals surface area contributed by atoms with Crippen LogP contribution in [0.15, 0.2) is 24.3 Å². The van der Waals surface area contributed by atoms with E-state index < -0.39 is 11.0 Å². The number of aliphatic hydroxyl groups is 1. The molecule has 2 N–H and O–H groups in total. The summed E-state index contributed by atoms with van der Waals surface area (Å²) in [6.45, 7) is 1.41. The number of hydrogen-bond donors (Lipinski definition) is 2. The van der Waals surface area contributed by atoms with Crippen LogP contribution in [0.3, 0.4) is 0 Å². The molecule has 116 valence electrons. The van der Waals surface area contributed by atoms with Crippen LogP contribution in [0.5, 0.6) is 0 Å². The van der Waals surface area contributed by atoms with E-state index in [1.165, 1.54) is 44.2 Å². The number of non-ortho nitro benzene ring substituents is 1. The number of nitrogens with zero attached hydrogens (tertiary/aromatic N) is 1. The molecule has 0 radical (unpaired) electrons. The number of hydrogen-bond acceptors (Lipinski definition) is 4.